The lowest BCUT2D eigenvalue weighted by Crippen LogP contribution is -1.69. The minimum Gasteiger partial charge on any atom is -0.300 e. The fraction of sp³-hybridized carbons (Fsp3) is 0.286. The lowest BCUT2D eigenvalue weighted by atomic mass is 10.1. The van der Waals surface area contributed by atoms with Crippen molar-refractivity contribution in [2.24, 2.45) is 0 Å². The summed E-state index contributed by atoms with van der Waals surface area (Å²) in [5.74, 6) is 0.667. The fourth-order valence-electron chi connectivity index (χ4n) is 1.52. The van der Waals surface area contributed by atoms with E-state index >= 15 is 0 Å². The highest BCUT2D eigenvalue weighted by Crippen LogP contribution is 2.11. The summed E-state index contributed by atoms with van der Waals surface area (Å²) >= 11 is 0. The highest BCUT2D eigenvalue weighted by Gasteiger charge is 1.85. The van der Waals surface area contributed by atoms with Crippen LogP contribution in [0.3, 0.4) is 0 Å². The van der Waals surface area contributed by atoms with Crippen LogP contribution in [0.2, 0.25) is 0 Å². The summed E-state index contributed by atoms with van der Waals surface area (Å²) in [6, 6.07) is 28.7. The molecule has 0 aliphatic rings. The second kappa shape index (κ2) is 23.9. The van der Waals surface area contributed by atoms with Crippen molar-refractivity contribution in [1.29, 1.82) is 0 Å². The second-order valence-electron chi connectivity index (χ2n) is 7.13. The highest BCUT2D eigenvalue weighted by atomic mass is 16.1. The van der Waals surface area contributed by atoms with E-state index in [9.17, 15) is 19.2 Å². The lowest BCUT2D eigenvalue weighted by Gasteiger charge is -1.92. The van der Waals surface area contributed by atoms with Crippen LogP contribution in [-0.4, -0.2) is 23.1 Å². The molecule has 0 N–H and O–H groups in total. The van der Waals surface area contributed by atoms with E-state index in [1.54, 1.807) is 0 Å². The van der Waals surface area contributed by atoms with Crippen LogP contribution in [0.5, 0.6) is 0 Å². The molecule has 0 fully saturated rings. The molecule has 0 heterocycles. The first-order chi connectivity index (χ1) is 14.9. The third kappa shape index (κ3) is 41.1. The van der Waals surface area contributed by atoms with Crippen LogP contribution in [0.25, 0.3) is 10.8 Å². The van der Waals surface area contributed by atoms with E-state index in [1.807, 2.05) is 36.4 Å². The molecule has 0 aromatic heterocycles. The zero-order valence-corrected chi connectivity index (χ0v) is 20.7. The van der Waals surface area contributed by atoms with Crippen LogP contribution in [0.15, 0.2) is 84.9 Å². The number of rotatable bonds is 0. The number of hydrogen-bond acceptors (Lipinski definition) is 4. The Morgan fingerprint density at radius 3 is 0.594 bits per heavy atom. The van der Waals surface area contributed by atoms with Gasteiger partial charge in [-0.05, 0) is 66.2 Å². The van der Waals surface area contributed by atoms with Crippen LogP contribution >= 0.6 is 0 Å². The van der Waals surface area contributed by atoms with E-state index in [0.717, 1.165) is 0 Å². The predicted molar refractivity (Wildman–Crippen MR) is 136 cm³/mol. The monoisotopic (exact) mass is 438 g/mol. The van der Waals surface area contributed by atoms with Gasteiger partial charge in [0, 0.05) is 0 Å². The third-order valence-corrected chi connectivity index (χ3v) is 2.33. The van der Waals surface area contributed by atoms with Gasteiger partial charge in [0.05, 0.1) is 0 Å². The summed E-state index contributed by atoms with van der Waals surface area (Å²) in [6.45, 7) is 12.2. The predicted octanol–water partition coefficient (Wildman–Crippen LogP) is 6.91. The molecule has 3 rings (SSSR count). The number of benzene rings is 3. The molecule has 32 heavy (non-hydrogen) atoms. The fourth-order valence-corrected chi connectivity index (χ4v) is 1.52. The highest BCUT2D eigenvalue weighted by molar-refractivity contribution is 5.82. The number of Topliss-reactive ketones (excluding diaryl/α,β-unsaturated/α-hetero) is 4. The number of fused-ring (bicyclic) bond motifs is 1. The number of ketones is 4. The topological polar surface area (TPSA) is 68.3 Å². The maximum atomic E-state index is 9.44. The van der Waals surface area contributed by atoms with Crippen molar-refractivity contribution in [3.63, 3.8) is 0 Å². The molecule has 0 spiro atoms. The number of hydrogen-bond donors (Lipinski definition) is 0. The van der Waals surface area contributed by atoms with Crippen LogP contribution in [0.4, 0.5) is 0 Å². The lowest BCUT2D eigenvalue weighted by molar-refractivity contribution is -0.115. The quantitative estimate of drug-likeness (QED) is 0.382. The van der Waals surface area contributed by atoms with E-state index < -0.39 is 0 Å². The summed E-state index contributed by atoms with van der Waals surface area (Å²) in [4.78, 5) is 37.8. The van der Waals surface area contributed by atoms with Crippen LogP contribution in [0, 0.1) is 0 Å². The van der Waals surface area contributed by atoms with E-state index in [2.05, 4.69) is 48.5 Å². The Bertz CT molecular complexity index is 728. The molecular weight excluding hydrogens is 400 g/mol. The van der Waals surface area contributed by atoms with E-state index in [4.69, 9.17) is 0 Å². The van der Waals surface area contributed by atoms with Crippen molar-refractivity contribution >= 4 is 33.9 Å². The third-order valence-electron chi connectivity index (χ3n) is 2.33. The van der Waals surface area contributed by atoms with Crippen LogP contribution in [0.1, 0.15) is 55.4 Å². The van der Waals surface area contributed by atoms with Crippen molar-refractivity contribution in [3.05, 3.63) is 84.9 Å². The van der Waals surface area contributed by atoms with Crippen molar-refractivity contribution in [1.82, 2.24) is 0 Å². The van der Waals surface area contributed by atoms with Gasteiger partial charge < -0.3 is 19.2 Å². The summed E-state index contributed by atoms with van der Waals surface area (Å²) in [5, 5.41) is 2.62. The summed E-state index contributed by atoms with van der Waals surface area (Å²) < 4.78 is 0. The summed E-state index contributed by atoms with van der Waals surface area (Å²) in [7, 11) is 0. The Morgan fingerprint density at radius 2 is 0.469 bits per heavy atom. The van der Waals surface area contributed by atoms with Crippen LogP contribution < -0.4 is 0 Å². The van der Waals surface area contributed by atoms with Gasteiger partial charge in [-0.1, -0.05) is 84.9 Å². The molecule has 0 unspecified atom stereocenters. The number of carbonyl (C=O) groups excluding carboxylic acids is 4. The Balaban J connectivity index is -0.000000336. The molecule has 4 heteroatoms. The van der Waals surface area contributed by atoms with Gasteiger partial charge in [-0.15, -0.1) is 0 Å². The zero-order chi connectivity index (χ0) is 25.4. The van der Waals surface area contributed by atoms with Gasteiger partial charge >= 0.3 is 0 Å². The summed E-state index contributed by atoms with van der Waals surface area (Å²) in [5.41, 5.74) is 0. The Hall–Kier alpha value is -3.40. The molecule has 0 radical (unpaired) electrons. The van der Waals surface area contributed by atoms with E-state index in [1.165, 1.54) is 66.2 Å². The molecule has 3 aromatic carbocycles. The standard InChI is InChI=1S/C10H8.C6H6.4C3H6O/c1-2-6-10-8-4-3-7-9(10)5-1;1-2-4-6-5-3-1;4*1-3(2)4/h1-8H;1-6H;4*1-2H3. The molecule has 0 saturated carbocycles. The molecule has 0 aliphatic carbocycles. The molecule has 0 amide bonds. The van der Waals surface area contributed by atoms with Gasteiger partial charge in [0.1, 0.15) is 23.1 Å². The molecular formula is C28H38O4. The van der Waals surface area contributed by atoms with E-state index in [0.29, 0.717) is 0 Å². The van der Waals surface area contributed by atoms with Crippen molar-refractivity contribution < 1.29 is 19.2 Å². The minimum atomic E-state index is 0.167. The van der Waals surface area contributed by atoms with Gasteiger partial charge in [0.15, 0.2) is 0 Å². The Labute approximate surface area is 193 Å². The van der Waals surface area contributed by atoms with Gasteiger partial charge in [0.25, 0.3) is 0 Å². The average molecular weight is 439 g/mol. The summed E-state index contributed by atoms with van der Waals surface area (Å²) in [6.07, 6.45) is 0. The Morgan fingerprint density at radius 1 is 0.344 bits per heavy atom. The van der Waals surface area contributed by atoms with E-state index in [-0.39, 0.29) is 23.1 Å². The molecule has 174 valence electrons. The second-order valence-corrected chi connectivity index (χ2v) is 7.13. The minimum absolute atomic E-state index is 0.167. The first-order valence-electron chi connectivity index (χ1n) is 10.2. The average Bonchev–Trinajstić information content (AvgIpc) is 2.68. The zero-order valence-electron chi connectivity index (χ0n) is 20.7. The maximum Gasteiger partial charge on any atom is 0.126 e. The maximum absolute atomic E-state index is 9.44. The van der Waals surface area contributed by atoms with Gasteiger partial charge in [-0.2, -0.15) is 0 Å². The molecule has 4 nitrogen and oxygen atoms in total. The molecule has 0 aliphatic heterocycles. The molecule has 3 aromatic rings. The van der Waals surface area contributed by atoms with Crippen molar-refractivity contribution in [3.8, 4) is 0 Å². The number of carbonyl (C=O) groups is 4. The van der Waals surface area contributed by atoms with Crippen LogP contribution in [-0.2, 0) is 19.2 Å². The molecule has 0 bridgehead atoms. The SMILES string of the molecule is CC(C)=O.CC(C)=O.CC(C)=O.CC(C)=O.c1ccc2ccccc2c1.c1ccccc1. The smallest absolute Gasteiger partial charge is 0.126 e. The van der Waals surface area contributed by atoms with Crippen molar-refractivity contribution in [2.75, 3.05) is 0 Å². The largest absolute Gasteiger partial charge is 0.300 e. The Kier molecular flexibility index (Phi) is 24.8. The van der Waals surface area contributed by atoms with Gasteiger partial charge in [-0.25, -0.2) is 0 Å². The first-order valence-corrected chi connectivity index (χ1v) is 10.2. The van der Waals surface area contributed by atoms with Gasteiger partial charge in [0.2, 0.25) is 0 Å². The first kappa shape index (κ1) is 33.2. The molecule has 0 saturated heterocycles. The van der Waals surface area contributed by atoms with Crippen molar-refractivity contribution in [2.45, 2.75) is 55.4 Å². The normalized spacial score (nSPS) is 7.88. The van der Waals surface area contributed by atoms with Gasteiger partial charge in [-0.3, -0.25) is 0 Å². The molecule has 0 atom stereocenters.